The molecule has 0 radical (unpaired) electrons. The van der Waals surface area contributed by atoms with E-state index in [0.717, 1.165) is 18.8 Å². The molecule has 1 fully saturated rings. The summed E-state index contributed by atoms with van der Waals surface area (Å²) in [5.74, 6) is -0.527. The highest BCUT2D eigenvalue weighted by Crippen LogP contribution is 2.26. The molecule has 0 amide bonds. The minimum Gasteiger partial charge on any atom is -0.494 e. The SMILES string of the molecule is COc1cc(N2CCN(c3cccc(C(=O)O)n3)CC2)ccc1F. The molecule has 2 aromatic rings. The van der Waals surface area contributed by atoms with Gasteiger partial charge in [-0.15, -0.1) is 0 Å². The maximum atomic E-state index is 13.5. The van der Waals surface area contributed by atoms with E-state index in [0.29, 0.717) is 18.9 Å². The lowest BCUT2D eigenvalue weighted by Crippen LogP contribution is -2.46. The molecular weight excluding hydrogens is 313 g/mol. The molecule has 0 bridgehead atoms. The Labute approximate surface area is 139 Å². The van der Waals surface area contributed by atoms with Crippen molar-refractivity contribution < 1.29 is 19.0 Å². The van der Waals surface area contributed by atoms with Crippen LogP contribution in [0.1, 0.15) is 10.5 Å². The predicted molar refractivity (Wildman–Crippen MR) is 88.6 cm³/mol. The third-order valence-electron chi connectivity index (χ3n) is 4.06. The first-order valence-corrected chi connectivity index (χ1v) is 7.62. The predicted octanol–water partition coefficient (Wildman–Crippen LogP) is 2.25. The molecule has 1 N–H and O–H groups in total. The highest BCUT2D eigenvalue weighted by Gasteiger charge is 2.20. The van der Waals surface area contributed by atoms with Crippen LogP contribution in [-0.2, 0) is 0 Å². The molecule has 1 aromatic heterocycles. The molecular formula is C17H18FN3O3. The van der Waals surface area contributed by atoms with Crippen molar-refractivity contribution in [1.29, 1.82) is 0 Å². The average Bonchev–Trinajstić information content (AvgIpc) is 2.62. The van der Waals surface area contributed by atoms with Gasteiger partial charge in [0.1, 0.15) is 5.82 Å². The van der Waals surface area contributed by atoms with Crippen molar-refractivity contribution in [3.8, 4) is 5.75 Å². The van der Waals surface area contributed by atoms with E-state index in [1.54, 1.807) is 18.2 Å². The third-order valence-corrected chi connectivity index (χ3v) is 4.06. The van der Waals surface area contributed by atoms with Gasteiger partial charge in [0.05, 0.1) is 7.11 Å². The van der Waals surface area contributed by atoms with Gasteiger partial charge >= 0.3 is 5.97 Å². The lowest BCUT2D eigenvalue weighted by Gasteiger charge is -2.36. The second-order valence-electron chi connectivity index (χ2n) is 5.48. The minimum atomic E-state index is -1.03. The Hall–Kier alpha value is -2.83. The van der Waals surface area contributed by atoms with Crippen LogP contribution in [0.2, 0.25) is 0 Å². The van der Waals surface area contributed by atoms with Crippen LogP contribution in [0.15, 0.2) is 36.4 Å². The van der Waals surface area contributed by atoms with Crippen molar-refractivity contribution in [2.75, 3.05) is 43.1 Å². The lowest BCUT2D eigenvalue weighted by atomic mass is 10.2. The van der Waals surface area contributed by atoms with Crippen LogP contribution in [0.5, 0.6) is 5.75 Å². The van der Waals surface area contributed by atoms with Gasteiger partial charge in [0, 0.05) is 37.9 Å². The number of aromatic nitrogens is 1. The number of hydrogen-bond acceptors (Lipinski definition) is 5. The number of carboxylic acids is 1. The van der Waals surface area contributed by atoms with Gasteiger partial charge in [-0.2, -0.15) is 0 Å². The fourth-order valence-electron chi connectivity index (χ4n) is 2.76. The molecule has 1 aliphatic heterocycles. The van der Waals surface area contributed by atoms with E-state index in [2.05, 4.69) is 9.88 Å². The Morgan fingerprint density at radius 3 is 2.54 bits per heavy atom. The zero-order valence-electron chi connectivity index (χ0n) is 13.3. The highest BCUT2D eigenvalue weighted by atomic mass is 19.1. The number of anilines is 2. The molecule has 7 heteroatoms. The monoisotopic (exact) mass is 331 g/mol. The number of aromatic carboxylic acids is 1. The molecule has 24 heavy (non-hydrogen) atoms. The largest absolute Gasteiger partial charge is 0.494 e. The maximum Gasteiger partial charge on any atom is 0.354 e. The van der Waals surface area contributed by atoms with Gasteiger partial charge in [0.25, 0.3) is 0 Å². The van der Waals surface area contributed by atoms with Crippen LogP contribution in [0.4, 0.5) is 15.9 Å². The summed E-state index contributed by atoms with van der Waals surface area (Å²) in [6.45, 7) is 2.87. The molecule has 0 aliphatic carbocycles. The third kappa shape index (κ3) is 3.24. The van der Waals surface area contributed by atoms with E-state index >= 15 is 0 Å². The van der Waals surface area contributed by atoms with Gasteiger partial charge in [-0.25, -0.2) is 14.2 Å². The number of halogens is 1. The number of carboxylic acid groups (broad SMARTS) is 1. The Morgan fingerprint density at radius 2 is 1.88 bits per heavy atom. The molecule has 1 aliphatic rings. The normalized spacial score (nSPS) is 14.6. The van der Waals surface area contributed by atoms with Gasteiger partial charge in [0.2, 0.25) is 0 Å². The van der Waals surface area contributed by atoms with Gasteiger partial charge < -0.3 is 19.6 Å². The Morgan fingerprint density at radius 1 is 1.17 bits per heavy atom. The molecule has 2 heterocycles. The van der Waals surface area contributed by atoms with Crippen LogP contribution in [0.25, 0.3) is 0 Å². The first kappa shape index (κ1) is 16.0. The summed E-state index contributed by atoms with van der Waals surface area (Å²) >= 11 is 0. The van der Waals surface area contributed by atoms with E-state index in [9.17, 15) is 9.18 Å². The summed E-state index contributed by atoms with van der Waals surface area (Å²) in [7, 11) is 1.45. The van der Waals surface area contributed by atoms with Gasteiger partial charge in [-0.1, -0.05) is 6.07 Å². The molecule has 0 unspecified atom stereocenters. The number of piperazine rings is 1. The first-order valence-electron chi connectivity index (χ1n) is 7.62. The summed E-state index contributed by atoms with van der Waals surface area (Å²) in [4.78, 5) is 19.4. The average molecular weight is 331 g/mol. The van der Waals surface area contributed by atoms with Gasteiger partial charge in [-0.05, 0) is 24.3 Å². The van der Waals surface area contributed by atoms with Gasteiger partial charge in [0.15, 0.2) is 17.3 Å². The number of hydrogen-bond donors (Lipinski definition) is 1. The fourth-order valence-corrected chi connectivity index (χ4v) is 2.76. The van der Waals surface area contributed by atoms with Crippen molar-refractivity contribution in [2.45, 2.75) is 0 Å². The molecule has 6 nitrogen and oxygen atoms in total. The molecule has 3 rings (SSSR count). The second kappa shape index (κ2) is 6.74. The Bertz CT molecular complexity index is 746. The van der Waals surface area contributed by atoms with E-state index in [1.165, 1.54) is 19.2 Å². The Kier molecular flexibility index (Phi) is 4.50. The van der Waals surface area contributed by atoms with Crippen LogP contribution in [0, 0.1) is 5.82 Å². The van der Waals surface area contributed by atoms with E-state index in [-0.39, 0.29) is 17.3 Å². The summed E-state index contributed by atoms with van der Waals surface area (Å²) in [5, 5.41) is 9.04. The van der Waals surface area contributed by atoms with E-state index < -0.39 is 5.97 Å². The number of carbonyl (C=O) groups is 1. The molecule has 0 spiro atoms. The molecule has 1 saturated heterocycles. The summed E-state index contributed by atoms with van der Waals surface area (Å²) < 4.78 is 18.5. The maximum absolute atomic E-state index is 13.5. The topological polar surface area (TPSA) is 65.9 Å². The molecule has 126 valence electrons. The number of rotatable bonds is 4. The highest BCUT2D eigenvalue weighted by molar-refractivity contribution is 5.85. The zero-order chi connectivity index (χ0) is 17.1. The van der Waals surface area contributed by atoms with Crippen molar-refractivity contribution in [1.82, 2.24) is 4.98 Å². The molecule has 1 aromatic carbocycles. The number of pyridine rings is 1. The van der Waals surface area contributed by atoms with Crippen molar-refractivity contribution >= 4 is 17.5 Å². The summed E-state index contributed by atoms with van der Waals surface area (Å²) in [5.41, 5.74) is 0.943. The van der Waals surface area contributed by atoms with Gasteiger partial charge in [-0.3, -0.25) is 0 Å². The summed E-state index contributed by atoms with van der Waals surface area (Å²) in [6.07, 6.45) is 0. The quantitative estimate of drug-likeness (QED) is 0.927. The van der Waals surface area contributed by atoms with E-state index in [1.807, 2.05) is 11.0 Å². The lowest BCUT2D eigenvalue weighted by molar-refractivity contribution is 0.0690. The number of methoxy groups -OCH3 is 1. The fraction of sp³-hybridized carbons (Fsp3) is 0.294. The van der Waals surface area contributed by atoms with Crippen LogP contribution in [0.3, 0.4) is 0 Å². The van der Waals surface area contributed by atoms with Crippen molar-refractivity contribution in [2.24, 2.45) is 0 Å². The molecule has 0 atom stereocenters. The first-order chi connectivity index (χ1) is 11.6. The zero-order valence-corrected chi connectivity index (χ0v) is 13.3. The van der Waals surface area contributed by atoms with E-state index in [4.69, 9.17) is 9.84 Å². The van der Waals surface area contributed by atoms with Crippen LogP contribution < -0.4 is 14.5 Å². The molecule has 0 saturated carbocycles. The smallest absolute Gasteiger partial charge is 0.354 e. The Balaban J connectivity index is 1.70. The number of nitrogens with zero attached hydrogens (tertiary/aromatic N) is 3. The number of benzene rings is 1. The second-order valence-corrected chi connectivity index (χ2v) is 5.48. The number of ether oxygens (including phenoxy) is 1. The van der Waals surface area contributed by atoms with Crippen molar-refractivity contribution in [3.05, 3.63) is 47.9 Å². The van der Waals surface area contributed by atoms with Crippen molar-refractivity contribution in [3.63, 3.8) is 0 Å². The van der Waals surface area contributed by atoms with Crippen LogP contribution in [-0.4, -0.2) is 49.3 Å². The minimum absolute atomic E-state index is 0.0400. The van der Waals surface area contributed by atoms with Crippen LogP contribution >= 0.6 is 0 Å². The standard InChI is InChI=1S/C17H18FN3O3/c1-24-15-11-12(5-6-13(15)18)20-7-9-21(10-8-20)16-4-2-3-14(19-16)17(22)23/h2-6,11H,7-10H2,1H3,(H,22,23). The summed E-state index contributed by atoms with van der Waals surface area (Å²) in [6, 6.07) is 9.81.